The Morgan fingerprint density at radius 1 is 1.06 bits per heavy atom. The first kappa shape index (κ1) is 23.0. The normalized spacial score (nSPS) is 15.9. The van der Waals surface area contributed by atoms with Gasteiger partial charge in [0.2, 0.25) is 5.78 Å². The number of Topliss-reactive ketones (excluding diaryl/α,β-unsaturated/α-hetero) is 1. The van der Waals surface area contributed by atoms with E-state index in [1.807, 2.05) is 74.5 Å². The molecule has 2 aliphatic rings. The van der Waals surface area contributed by atoms with Crippen molar-refractivity contribution in [3.63, 3.8) is 0 Å². The van der Waals surface area contributed by atoms with Gasteiger partial charge in [0, 0.05) is 44.0 Å². The largest absolute Gasteiger partial charge is 0.497 e. The molecule has 0 saturated heterocycles. The second-order valence-corrected chi connectivity index (χ2v) is 9.22. The van der Waals surface area contributed by atoms with Crippen LogP contribution in [0.2, 0.25) is 0 Å². The van der Waals surface area contributed by atoms with E-state index in [-0.39, 0.29) is 5.78 Å². The lowest BCUT2D eigenvalue weighted by atomic mass is 10.00. The van der Waals surface area contributed by atoms with E-state index < -0.39 is 0 Å². The summed E-state index contributed by atoms with van der Waals surface area (Å²) in [6.07, 6.45) is 2.72. The van der Waals surface area contributed by atoms with Crippen molar-refractivity contribution in [3.05, 3.63) is 88.2 Å². The van der Waals surface area contributed by atoms with E-state index in [2.05, 4.69) is 17.0 Å². The zero-order valence-electron chi connectivity index (χ0n) is 20.6. The van der Waals surface area contributed by atoms with E-state index in [1.165, 1.54) is 5.56 Å². The number of rotatable bonds is 6. The summed E-state index contributed by atoms with van der Waals surface area (Å²) in [6.45, 7) is 4.07. The van der Waals surface area contributed by atoms with Gasteiger partial charge >= 0.3 is 0 Å². The van der Waals surface area contributed by atoms with Gasteiger partial charge < -0.3 is 19.1 Å². The Kier molecular flexibility index (Phi) is 6.22. The molecule has 0 aromatic heterocycles. The number of ether oxygens (including phenoxy) is 3. The van der Waals surface area contributed by atoms with Crippen LogP contribution in [0.4, 0.5) is 5.69 Å². The van der Waals surface area contributed by atoms with Crippen molar-refractivity contribution in [3.8, 4) is 17.2 Å². The van der Waals surface area contributed by atoms with Gasteiger partial charge in [-0.3, -0.25) is 9.69 Å². The van der Waals surface area contributed by atoms with Crippen LogP contribution in [0.25, 0.3) is 6.08 Å². The molecule has 0 radical (unpaired) electrons. The minimum atomic E-state index is -0.0852. The average molecular weight is 471 g/mol. The van der Waals surface area contributed by atoms with Gasteiger partial charge in [-0.05, 0) is 60.9 Å². The van der Waals surface area contributed by atoms with E-state index in [1.54, 1.807) is 7.11 Å². The zero-order chi connectivity index (χ0) is 24.5. The molecule has 3 aromatic rings. The summed E-state index contributed by atoms with van der Waals surface area (Å²) in [7, 11) is 5.68. The highest BCUT2D eigenvalue weighted by Gasteiger charge is 2.33. The van der Waals surface area contributed by atoms with Crippen LogP contribution in [0.3, 0.4) is 0 Å². The molecule has 5 rings (SSSR count). The van der Waals surface area contributed by atoms with Crippen molar-refractivity contribution in [2.45, 2.75) is 19.9 Å². The highest BCUT2D eigenvalue weighted by Crippen LogP contribution is 2.43. The Balaban J connectivity index is 1.31. The molecule has 0 saturated carbocycles. The maximum absolute atomic E-state index is 13.2. The summed E-state index contributed by atoms with van der Waals surface area (Å²) in [4.78, 5) is 17.5. The van der Waals surface area contributed by atoms with Crippen LogP contribution >= 0.6 is 0 Å². The molecule has 6 heteroatoms. The molecule has 0 unspecified atom stereocenters. The predicted octanol–water partition coefficient (Wildman–Crippen LogP) is 5.08. The maximum atomic E-state index is 13.2. The number of hydrogen-bond acceptors (Lipinski definition) is 6. The van der Waals surface area contributed by atoms with Crippen LogP contribution in [0, 0.1) is 6.92 Å². The lowest BCUT2D eigenvalue weighted by Crippen LogP contribution is -2.34. The molecule has 3 aromatic carbocycles. The molecule has 0 fully saturated rings. The van der Waals surface area contributed by atoms with Crippen LogP contribution in [-0.4, -0.2) is 45.2 Å². The Morgan fingerprint density at radius 3 is 2.49 bits per heavy atom. The average Bonchev–Trinajstić information content (AvgIpc) is 3.18. The first-order valence-corrected chi connectivity index (χ1v) is 11.8. The number of ketones is 1. The molecule has 0 atom stereocenters. The van der Waals surface area contributed by atoms with Crippen molar-refractivity contribution in [2.75, 3.05) is 39.4 Å². The second kappa shape index (κ2) is 9.47. The van der Waals surface area contributed by atoms with E-state index in [0.717, 1.165) is 53.4 Å². The molecule has 2 aliphatic heterocycles. The minimum Gasteiger partial charge on any atom is -0.497 e. The number of carbonyl (C=O) groups is 1. The molecule has 6 nitrogen and oxygen atoms in total. The van der Waals surface area contributed by atoms with Crippen molar-refractivity contribution >= 4 is 17.5 Å². The Bertz CT molecular complexity index is 1280. The number of hydrogen-bond donors (Lipinski definition) is 0. The number of fused-ring (bicyclic) bond motifs is 2. The highest BCUT2D eigenvalue weighted by molar-refractivity contribution is 6.15. The van der Waals surface area contributed by atoms with Crippen molar-refractivity contribution in [1.29, 1.82) is 0 Å². The summed E-state index contributed by atoms with van der Waals surface area (Å²) in [6, 6.07) is 18.1. The summed E-state index contributed by atoms with van der Waals surface area (Å²) in [5.41, 5.74) is 5.79. The molecule has 0 spiro atoms. The fraction of sp³-hybridized carbons (Fsp3) is 0.276. The van der Waals surface area contributed by atoms with Crippen molar-refractivity contribution in [2.24, 2.45) is 0 Å². The lowest BCUT2D eigenvalue weighted by Gasteiger charge is -2.30. The molecule has 35 heavy (non-hydrogen) atoms. The van der Waals surface area contributed by atoms with Crippen LogP contribution in [0.15, 0.2) is 60.4 Å². The molecule has 2 heterocycles. The Hall–Kier alpha value is -3.77. The maximum Gasteiger partial charge on any atom is 0.231 e. The van der Waals surface area contributed by atoms with E-state index in [4.69, 9.17) is 14.2 Å². The fourth-order valence-corrected chi connectivity index (χ4v) is 4.54. The molecule has 0 bridgehead atoms. The van der Waals surface area contributed by atoms with Gasteiger partial charge in [0.1, 0.15) is 24.0 Å². The van der Waals surface area contributed by atoms with Gasteiger partial charge in [0.15, 0.2) is 5.76 Å². The topological polar surface area (TPSA) is 51.2 Å². The van der Waals surface area contributed by atoms with Gasteiger partial charge in [-0.25, -0.2) is 0 Å². The quantitative estimate of drug-likeness (QED) is 0.469. The van der Waals surface area contributed by atoms with Crippen LogP contribution in [-0.2, 0) is 13.0 Å². The SMILES string of the molecule is COc1ccc(CCN2COc3c(cc4c(c3C)O/C(=C\c3ccc(N(C)C)cc3)C4=O)C2)cc1. The fourth-order valence-electron chi connectivity index (χ4n) is 4.54. The second-order valence-electron chi connectivity index (χ2n) is 9.22. The smallest absolute Gasteiger partial charge is 0.231 e. The number of methoxy groups -OCH3 is 1. The lowest BCUT2D eigenvalue weighted by molar-refractivity contribution is 0.0954. The number of anilines is 1. The highest BCUT2D eigenvalue weighted by atomic mass is 16.5. The van der Waals surface area contributed by atoms with E-state index >= 15 is 0 Å². The van der Waals surface area contributed by atoms with Gasteiger partial charge in [0.25, 0.3) is 0 Å². The van der Waals surface area contributed by atoms with Crippen LogP contribution in [0.5, 0.6) is 17.2 Å². The summed E-state index contributed by atoms with van der Waals surface area (Å²) < 4.78 is 17.4. The van der Waals surface area contributed by atoms with Crippen LogP contribution < -0.4 is 19.1 Å². The van der Waals surface area contributed by atoms with Crippen LogP contribution in [0.1, 0.15) is 32.6 Å². The van der Waals surface area contributed by atoms with Gasteiger partial charge in [0.05, 0.1) is 12.7 Å². The molecule has 0 N–H and O–H groups in total. The minimum absolute atomic E-state index is 0.0852. The Labute approximate surface area is 206 Å². The first-order chi connectivity index (χ1) is 16.9. The monoisotopic (exact) mass is 470 g/mol. The molecule has 0 aliphatic carbocycles. The summed E-state index contributed by atoms with van der Waals surface area (Å²) >= 11 is 0. The Morgan fingerprint density at radius 2 is 1.80 bits per heavy atom. The third-order valence-corrected chi connectivity index (χ3v) is 6.58. The standard InChI is InChI=1S/C29H30N2O4/c1-19-28-22(17-31(18-34-28)14-13-20-7-11-24(33-4)12-8-20)16-25-27(32)26(35-29(19)25)15-21-5-9-23(10-6-21)30(2)3/h5-12,15-16H,13-14,17-18H2,1-4H3/b26-15-. The van der Waals surface area contributed by atoms with Gasteiger partial charge in [-0.2, -0.15) is 0 Å². The third-order valence-electron chi connectivity index (χ3n) is 6.58. The molecular formula is C29H30N2O4. The number of benzene rings is 3. The first-order valence-electron chi connectivity index (χ1n) is 11.8. The molecular weight excluding hydrogens is 440 g/mol. The zero-order valence-corrected chi connectivity index (χ0v) is 20.6. The van der Waals surface area contributed by atoms with Gasteiger partial charge in [-0.15, -0.1) is 0 Å². The number of allylic oxidation sites excluding steroid dienone is 1. The van der Waals surface area contributed by atoms with E-state index in [0.29, 0.717) is 23.8 Å². The van der Waals surface area contributed by atoms with E-state index in [9.17, 15) is 4.79 Å². The van der Waals surface area contributed by atoms with Crippen molar-refractivity contribution in [1.82, 2.24) is 4.90 Å². The summed E-state index contributed by atoms with van der Waals surface area (Å²) in [5.74, 6) is 2.56. The van der Waals surface area contributed by atoms with Gasteiger partial charge in [-0.1, -0.05) is 24.3 Å². The molecule has 180 valence electrons. The molecule has 0 amide bonds. The number of carbonyl (C=O) groups excluding carboxylic acids is 1. The summed E-state index contributed by atoms with van der Waals surface area (Å²) in [5, 5.41) is 0. The predicted molar refractivity (Wildman–Crippen MR) is 137 cm³/mol. The third kappa shape index (κ3) is 4.62. The van der Waals surface area contributed by atoms with Crippen molar-refractivity contribution < 1.29 is 19.0 Å². The number of nitrogens with zero attached hydrogens (tertiary/aromatic N) is 2.